The predicted octanol–water partition coefficient (Wildman–Crippen LogP) is 2.05. The average molecular weight is 217 g/mol. The van der Waals surface area contributed by atoms with Crippen LogP contribution in [0.3, 0.4) is 0 Å². The SMILES string of the molecule is CC(C)N(C)CC1(CS)CCOCC1. The first-order valence-corrected chi connectivity index (χ1v) is 6.12. The minimum atomic E-state index is 0.389. The van der Waals surface area contributed by atoms with Crippen LogP contribution in [0.1, 0.15) is 26.7 Å². The molecule has 1 aliphatic rings. The van der Waals surface area contributed by atoms with Gasteiger partial charge in [-0.05, 0) is 44.9 Å². The summed E-state index contributed by atoms with van der Waals surface area (Å²) in [6.45, 7) is 7.45. The van der Waals surface area contributed by atoms with Crippen LogP contribution in [0.25, 0.3) is 0 Å². The molecule has 84 valence electrons. The summed E-state index contributed by atoms with van der Waals surface area (Å²) in [6, 6.07) is 0.620. The Morgan fingerprint density at radius 1 is 1.36 bits per heavy atom. The number of nitrogens with zero attached hydrogens (tertiary/aromatic N) is 1. The van der Waals surface area contributed by atoms with Crippen LogP contribution >= 0.6 is 12.6 Å². The van der Waals surface area contributed by atoms with E-state index in [4.69, 9.17) is 4.74 Å². The fourth-order valence-electron chi connectivity index (χ4n) is 1.88. The van der Waals surface area contributed by atoms with Gasteiger partial charge in [-0.3, -0.25) is 0 Å². The molecule has 0 aromatic carbocycles. The lowest BCUT2D eigenvalue weighted by molar-refractivity contribution is 0.00753. The summed E-state index contributed by atoms with van der Waals surface area (Å²) in [5.74, 6) is 0.980. The molecular weight excluding hydrogens is 194 g/mol. The van der Waals surface area contributed by atoms with Crippen molar-refractivity contribution in [1.29, 1.82) is 0 Å². The Kier molecular flexibility index (Phi) is 4.74. The maximum Gasteiger partial charge on any atom is 0.0472 e. The van der Waals surface area contributed by atoms with E-state index in [1.54, 1.807) is 0 Å². The molecule has 1 heterocycles. The molecule has 1 fully saturated rings. The Hall–Kier alpha value is 0.270. The van der Waals surface area contributed by atoms with Crippen LogP contribution in [-0.4, -0.2) is 43.5 Å². The highest BCUT2D eigenvalue weighted by atomic mass is 32.1. The van der Waals surface area contributed by atoms with Gasteiger partial charge in [0, 0.05) is 25.8 Å². The molecule has 0 atom stereocenters. The van der Waals surface area contributed by atoms with Gasteiger partial charge in [0.2, 0.25) is 0 Å². The van der Waals surface area contributed by atoms with Gasteiger partial charge in [0.15, 0.2) is 0 Å². The Morgan fingerprint density at radius 2 is 1.93 bits per heavy atom. The van der Waals surface area contributed by atoms with E-state index >= 15 is 0 Å². The van der Waals surface area contributed by atoms with E-state index in [0.717, 1.165) is 38.4 Å². The number of ether oxygens (including phenoxy) is 1. The first-order chi connectivity index (χ1) is 6.59. The lowest BCUT2D eigenvalue weighted by Crippen LogP contribution is -2.43. The molecule has 0 spiro atoms. The third kappa shape index (κ3) is 3.14. The second-order valence-corrected chi connectivity index (χ2v) is 5.10. The highest BCUT2D eigenvalue weighted by Crippen LogP contribution is 2.32. The maximum atomic E-state index is 5.42. The molecule has 0 N–H and O–H groups in total. The summed E-state index contributed by atoms with van der Waals surface area (Å²) in [6.07, 6.45) is 2.32. The standard InChI is InChI=1S/C11H23NOS/c1-10(2)12(3)8-11(9-14)4-6-13-7-5-11/h10,14H,4-9H2,1-3H3. The van der Waals surface area contributed by atoms with E-state index in [2.05, 4.69) is 38.4 Å². The summed E-state index contributed by atoms with van der Waals surface area (Å²) in [7, 11) is 2.20. The van der Waals surface area contributed by atoms with Gasteiger partial charge in [0.05, 0.1) is 0 Å². The summed E-state index contributed by atoms with van der Waals surface area (Å²) in [4.78, 5) is 2.42. The van der Waals surface area contributed by atoms with Crippen molar-refractivity contribution in [3.05, 3.63) is 0 Å². The van der Waals surface area contributed by atoms with Crippen molar-refractivity contribution in [2.75, 3.05) is 32.6 Å². The maximum absolute atomic E-state index is 5.42. The van der Waals surface area contributed by atoms with Crippen LogP contribution in [0.15, 0.2) is 0 Å². The highest BCUT2D eigenvalue weighted by Gasteiger charge is 2.32. The first kappa shape index (κ1) is 12.3. The zero-order valence-corrected chi connectivity index (χ0v) is 10.5. The van der Waals surface area contributed by atoms with E-state index in [0.29, 0.717) is 11.5 Å². The summed E-state index contributed by atoms with van der Waals surface area (Å²) in [5, 5.41) is 0. The summed E-state index contributed by atoms with van der Waals surface area (Å²) in [5.41, 5.74) is 0.389. The Labute approximate surface area is 93.4 Å². The number of hydrogen-bond donors (Lipinski definition) is 1. The van der Waals surface area contributed by atoms with Crippen LogP contribution in [0.2, 0.25) is 0 Å². The van der Waals surface area contributed by atoms with Gasteiger partial charge in [-0.1, -0.05) is 0 Å². The van der Waals surface area contributed by atoms with Crippen molar-refractivity contribution in [3.63, 3.8) is 0 Å². The largest absolute Gasteiger partial charge is 0.381 e. The molecule has 3 heteroatoms. The van der Waals surface area contributed by atoms with Crippen molar-refractivity contribution in [1.82, 2.24) is 4.90 Å². The summed E-state index contributed by atoms with van der Waals surface area (Å²) >= 11 is 4.51. The Bertz CT molecular complexity index is 167. The lowest BCUT2D eigenvalue weighted by atomic mass is 9.81. The van der Waals surface area contributed by atoms with Gasteiger partial charge in [0.1, 0.15) is 0 Å². The van der Waals surface area contributed by atoms with Crippen LogP contribution in [-0.2, 0) is 4.74 Å². The Balaban J connectivity index is 2.51. The quantitative estimate of drug-likeness (QED) is 0.724. The number of rotatable bonds is 4. The van der Waals surface area contributed by atoms with E-state index in [-0.39, 0.29) is 0 Å². The average Bonchev–Trinajstić information content (AvgIpc) is 2.19. The molecule has 0 radical (unpaired) electrons. The van der Waals surface area contributed by atoms with Gasteiger partial charge in [0.25, 0.3) is 0 Å². The van der Waals surface area contributed by atoms with Gasteiger partial charge in [-0.25, -0.2) is 0 Å². The van der Waals surface area contributed by atoms with E-state index in [1.807, 2.05) is 0 Å². The molecule has 14 heavy (non-hydrogen) atoms. The molecule has 0 aromatic rings. The molecular formula is C11H23NOS. The third-order valence-electron chi connectivity index (χ3n) is 3.36. The minimum Gasteiger partial charge on any atom is -0.381 e. The van der Waals surface area contributed by atoms with Gasteiger partial charge in [-0.2, -0.15) is 12.6 Å². The number of thiol groups is 1. The monoisotopic (exact) mass is 217 g/mol. The first-order valence-electron chi connectivity index (χ1n) is 5.48. The van der Waals surface area contributed by atoms with Crippen LogP contribution in [0.5, 0.6) is 0 Å². The van der Waals surface area contributed by atoms with Gasteiger partial charge in [-0.15, -0.1) is 0 Å². The van der Waals surface area contributed by atoms with E-state index in [1.165, 1.54) is 0 Å². The Morgan fingerprint density at radius 3 is 2.36 bits per heavy atom. The highest BCUT2D eigenvalue weighted by molar-refractivity contribution is 7.80. The zero-order valence-electron chi connectivity index (χ0n) is 9.62. The van der Waals surface area contributed by atoms with Crippen LogP contribution in [0.4, 0.5) is 0 Å². The smallest absolute Gasteiger partial charge is 0.0472 e. The van der Waals surface area contributed by atoms with E-state index < -0.39 is 0 Å². The minimum absolute atomic E-state index is 0.389. The predicted molar refractivity (Wildman–Crippen MR) is 64.1 cm³/mol. The van der Waals surface area contributed by atoms with Crippen molar-refractivity contribution < 1.29 is 4.74 Å². The third-order valence-corrected chi connectivity index (χ3v) is 4.03. The van der Waals surface area contributed by atoms with Crippen LogP contribution in [0, 0.1) is 5.41 Å². The molecule has 0 aliphatic carbocycles. The van der Waals surface area contributed by atoms with Crippen molar-refractivity contribution in [3.8, 4) is 0 Å². The normalized spacial score (nSPS) is 21.9. The molecule has 0 bridgehead atoms. The fourth-order valence-corrected chi connectivity index (χ4v) is 2.30. The topological polar surface area (TPSA) is 12.5 Å². The zero-order chi connectivity index (χ0) is 10.6. The van der Waals surface area contributed by atoms with Gasteiger partial charge >= 0.3 is 0 Å². The second-order valence-electron chi connectivity index (χ2n) is 4.78. The number of hydrogen-bond acceptors (Lipinski definition) is 3. The molecule has 0 saturated carbocycles. The fraction of sp³-hybridized carbons (Fsp3) is 1.00. The summed E-state index contributed by atoms with van der Waals surface area (Å²) < 4.78 is 5.42. The van der Waals surface area contributed by atoms with Crippen LogP contribution < -0.4 is 0 Å². The van der Waals surface area contributed by atoms with E-state index in [9.17, 15) is 0 Å². The molecule has 1 aliphatic heterocycles. The molecule has 1 saturated heterocycles. The molecule has 2 nitrogen and oxygen atoms in total. The molecule has 0 aromatic heterocycles. The molecule has 0 unspecified atom stereocenters. The van der Waals surface area contributed by atoms with Gasteiger partial charge < -0.3 is 9.64 Å². The van der Waals surface area contributed by atoms with Crippen molar-refractivity contribution in [2.24, 2.45) is 5.41 Å². The van der Waals surface area contributed by atoms with Crippen molar-refractivity contribution >= 4 is 12.6 Å². The molecule has 0 amide bonds. The molecule has 1 rings (SSSR count). The lowest BCUT2D eigenvalue weighted by Gasteiger charge is -2.40. The second kappa shape index (κ2) is 5.38. The van der Waals surface area contributed by atoms with Crippen molar-refractivity contribution in [2.45, 2.75) is 32.7 Å².